The van der Waals surface area contributed by atoms with Gasteiger partial charge in [-0.25, -0.2) is 0 Å². The highest BCUT2D eigenvalue weighted by atomic mass is 14.5. The van der Waals surface area contributed by atoms with Crippen molar-refractivity contribution in [3.63, 3.8) is 0 Å². The van der Waals surface area contributed by atoms with Crippen LogP contribution in [0.25, 0.3) is 0 Å². The van der Waals surface area contributed by atoms with E-state index in [2.05, 4.69) is 34.6 Å². The van der Waals surface area contributed by atoms with Crippen molar-refractivity contribution in [1.82, 2.24) is 0 Å². The summed E-state index contributed by atoms with van der Waals surface area (Å²) in [4.78, 5) is 0. The van der Waals surface area contributed by atoms with Crippen molar-refractivity contribution >= 4 is 0 Å². The Labute approximate surface area is 71.4 Å². The van der Waals surface area contributed by atoms with Crippen molar-refractivity contribution in [2.45, 2.75) is 47.5 Å². The molecule has 0 aromatic heterocycles. The summed E-state index contributed by atoms with van der Waals surface area (Å²) >= 11 is 0. The first-order chi connectivity index (χ1) is 4.90. The molecule has 0 unspecified atom stereocenters. The topological polar surface area (TPSA) is 0 Å². The Bertz CT molecular complexity index is 127. The zero-order valence-corrected chi connectivity index (χ0v) is 8.65. The molecule has 1 aliphatic rings. The van der Waals surface area contributed by atoms with Crippen LogP contribution in [0.1, 0.15) is 47.5 Å². The Morgan fingerprint density at radius 2 is 1.82 bits per heavy atom. The van der Waals surface area contributed by atoms with E-state index in [1.807, 2.05) is 0 Å². The minimum atomic E-state index is 0.550. The van der Waals surface area contributed by atoms with Gasteiger partial charge in [0.2, 0.25) is 0 Å². The molecule has 0 heterocycles. The molecule has 0 aromatic carbocycles. The smallest absolute Gasteiger partial charge is 0.0360 e. The molecule has 0 amide bonds. The largest absolute Gasteiger partial charge is 0.0625 e. The van der Waals surface area contributed by atoms with Crippen LogP contribution < -0.4 is 0 Å². The molecule has 0 radical (unpaired) electrons. The molecule has 0 aromatic rings. The van der Waals surface area contributed by atoms with E-state index in [-0.39, 0.29) is 0 Å². The summed E-state index contributed by atoms with van der Waals surface area (Å²) in [6.07, 6.45) is 2.92. The molecule has 1 fully saturated rings. The molecule has 0 bridgehead atoms. The van der Waals surface area contributed by atoms with Crippen molar-refractivity contribution in [3.05, 3.63) is 0 Å². The fourth-order valence-corrected chi connectivity index (χ4v) is 2.11. The molecule has 11 heavy (non-hydrogen) atoms. The zero-order chi connectivity index (χ0) is 8.65. The van der Waals surface area contributed by atoms with E-state index in [0.29, 0.717) is 5.41 Å². The van der Waals surface area contributed by atoms with Gasteiger partial charge < -0.3 is 0 Å². The maximum atomic E-state index is 2.35. The summed E-state index contributed by atoms with van der Waals surface area (Å²) < 4.78 is 0. The first-order valence-electron chi connectivity index (χ1n) is 4.90. The summed E-state index contributed by atoms with van der Waals surface area (Å²) in [5, 5.41) is 0. The molecule has 0 N–H and O–H groups in total. The fraction of sp³-hybridized carbons (Fsp3) is 1.00. The van der Waals surface area contributed by atoms with Crippen LogP contribution in [0, 0.1) is 23.2 Å². The first-order valence-corrected chi connectivity index (χ1v) is 4.90. The Morgan fingerprint density at radius 1 is 1.27 bits per heavy atom. The average molecular weight is 154 g/mol. The number of hydrogen-bond donors (Lipinski definition) is 0. The molecule has 1 saturated carbocycles. The van der Waals surface area contributed by atoms with E-state index in [1.165, 1.54) is 12.8 Å². The maximum absolute atomic E-state index is 2.35. The Morgan fingerprint density at radius 3 is 2.09 bits per heavy atom. The van der Waals surface area contributed by atoms with E-state index in [9.17, 15) is 0 Å². The highest BCUT2D eigenvalue weighted by Gasteiger charge is 2.40. The van der Waals surface area contributed by atoms with Gasteiger partial charge >= 0.3 is 0 Å². The van der Waals surface area contributed by atoms with E-state index in [0.717, 1.165) is 17.8 Å². The summed E-state index contributed by atoms with van der Waals surface area (Å²) in [6.45, 7) is 11.8. The van der Waals surface area contributed by atoms with Crippen LogP contribution >= 0.6 is 0 Å². The van der Waals surface area contributed by atoms with Crippen molar-refractivity contribution in [2.24, 2.45) is 23.2 Å². The van der Waals surface area contributed by atoms with Crippen LogP contribution in [0.3, 0.4) is 0 Å². The maximum Gasteiger partial charge on any atom is -0.0360 e. The van der Waals surface area contributed by atoms with Crippen molar-refractivity contribution in [3.8, 4) is 0 Å². The molecule has 0 aliphatic heterocycles. The van der Waals surface area contributed by atoms with Crippen LogP contribution in [-0.2, 0) is 0 Å². The number of rotatable bonds is 2. The monoisotopic (exact) mass is 154 g/mol. The summed E-state index contributed by atoms with van der Waals surface area (Å²) in [5.41, 5.74) is 0.550. The van der Waals surface area contributed by atoms with Gasteiger partial charge in [0.1, 0.15) is 0 Å². The Kier molecular flexibility index (Phi) is 2.32. The predicted molar refractivity (Wildman–Crippen MR) is 50.5 cm³/mol. The van der Waals surface area contributed by atoms with Gasteiger partial charge in [0.05, 0.1) is 0 Å². The van der Waals surface area contributed by atoms with Gasteiger partial charge in [-0.1, -0.05) is 34.6 Å². The molecular weight excluding hydrogens is 132 g/mol. The molecule has 1 rings (SSSR count). The van der Waals surface area contributed by atoms with Gasteiger partial charge in [0, 0.05) is 0 Å². The highest BCUT2D eigenvalue weighted by molar-refractivity contribution is 4.90. The average Bonchev–Trinajstić information content (AvgIpc) is 2.40. The normalized spacial score (nSPS) is 31.1. The lowest BCUT2D eigenvalue weighted by Gasteiger charge is -2.18. The molecule has 0 heteroatoms. The van der Waals surface area contributed by atoms with E-state index < -0.39 is 0 Å². The molecule has 66 valence electrons. The van der Waals surface area contributed by atoms with Gasteiger partial charge in [0.25, 0.3) is 0 Å². The molecule has 0 nitrogen and oxygen atoms in total. The standard InChI is InChI=1S/C11H22/c1-8(2)10-6-9(10)7-11(3,4)5/h8-10H,6-7H2,1-5H3/t9-,10+/m1/s1. The van der Waals surface area contributed by atoms with Crippen LogP contribution in [0.2, 0.25) is 0 Å². The fourth-order valence-electron chi connectivity index (χ4n) is 2.11. The second-order valence-electron chi connectivity index (χ2n) is 5.67. The first kappa shape index (κ1) is 9.09. The highest BCUT2D eigenvalue weighted by Crippen LogP contribution is 2.49. The molecule has 0 saturated heterocycles. The van der Waals surface area contributed by atoms with E-state index >= 15 is 0 Å². The zero-order valence-electron chi connectivity index (χ0n) is 8.65. The van der Waals surface area contributed by atoms with Gasteiger partial charge in [-0.15, -0.1) is 0 Å². The lowest BCUT2D eigenvalue weighted by Crippen LogP contribution is -2.07. The Hall–Kier alpha value is 0. The number of hydrogen-bond acceptors (Lipinski definition) is 0. The summed E-state index contributed by atoms with van der Waals surface area (Å²) in [6, 6.07) is 0. The molecule has 2 atom stereocenters. The van der Waals surface area contributed by atoms with Gasteiger partial charge in [-0.2, -0.15) is 0 Å². The third-order valence-corrected chi connectivity index (χ3v) is 2.71. The molecule has 1 aliphatic carbocycles. The SMILES string of the molecule is CC(C)[C@@H]1C[C@@H]1CC(C)(C)C. The second kappa shape index (κ2) is 2.80. The van der Waals surface area contributed by atoms with Gasteiger partial charge in [0.15, 0.2) is 0 Å². The quantitative estimate of drug-likeness (QED) is 0.568. The van der Waals surface area contributed by atoms with Crippen molar-refractivity contribution < 1.29 is 0 Å². The minimum Gasteiger partial charge on any atom is -0.0625 e. The van der Waals surface area contributed by atoms with Crippen molar-refractivity contribution in [1.29, 1.82) is 0 Å². The van der Waals surface area contributed by atoms with Crippen LogP contribution in [0.4, 0.5) is 0 Å². The molecular formula is C11H22. The third kappa shape index (κ3) is 2.84. The van der Waals surface area contributed by atoms with Crippen LogP contribution in [0.15, 0.2) is 0 Å². The summed E-state index contributed by atoms with van der Waals surface area (Å²) in [5.74, 6) is 3.02. The van der Waals surface area contributed by atoms with Gasteiger partial charge in [-0.3, -0.25) is 0 Å². The predicted octanol–water partition coefficient (Wildman–Crippen LogP) is 3.71. The second-order valence-corrected chi connectivity index (χ2v) is 5.67. The Balaban J connectivity index is 2.24. The third-order valence-electron chi connectivity index (χ3n) is 2.71. The lowest BCUT2D eigenvalue weighted by atomic mass is 9.88. The lowest BCUT2D eigenvalue weighted by molar-refractivity contribution is 0.333. The minimum absolute atomic E-state index is 0.550. The van der Waals surface area contributed by atoms with Gasteiger partial charge in [-0.05, 0) is 36.0 Å². The van der Waals surface area contributed by atoms with Crippen LogP contribution in [-0.4, -0.2) is 0 Å². The van der Waals surface area contributed by atoms with E-state index in [1.54, 1.807) is 0 Å². The van der Waals surface area contributed by atoms with Crippen molar-refractivity contribution in [2.75, 3.05) is 0 Å². The van der Waals surface area contributed by atoms with Crippen LogP contribution in [0.5, 0.6) is 0 Å². The summed E-state index contributed by atoms with van der Waals surface area (Å²) in [7, 11) is 0. The molecule has 0 spiro atoms. The van der Waals surface area contributed by atoms with E-state index in [4.69, 9.17) is 0 Å².